The number of rotatable bonds is 8. The van der Waals surface area contributed by atoms with Crippen molar-refractivity contribution >= 4 is 11.6 Å². The predicted octanol–water partition coefficient (Wildman–Crippen LogP) is 6.74. The van der Waals surface area contributed by atoms with Gasteiger partial charge in [-0.15, -0.1) is 6.58 Å². The highest BCUT2D eigenvalue weighted by Gasteiger charge is 2.46. The third-order valence-corrected chi connectivity index (χ3v) is 8.63. The Balaban J connectivity index is 1.56. The van der Waals surface area contributed by atoms with E-state index in [9.17, 15) is 0 Å². The van der Waals surface area contributed by atoms with Gasteiger partial charge in [-0.25, -0.2) is 0 Å². The first-order valence-corrected chi connectivity index (χ1v) is 12.8. The molecule has 2 aliphatic carbocycles. The fourth-order valence-corrected chi connectivity index (χ4v) is 6.49. The summed E-state index contributed by atoms with van der Waals surface area (Å²) in [6, 6.07) is 9.52. The molecule has 0 amide bonds. The molecule has 3 aliphatic rings. The number of nitrogens with zero attached hydrogens (tertiary/aromatic N) is 2. The van der Waals surface area contributed by atoms with Crippen LogP contribution < -0.4 is 0 Å². The first-order valence-electron chi connectivity index (χ1n) is 12.4. The van der Waals surface area contributed by atoms with Crippen molar-refractivity contribution in [3.63, 3.8) is 0 Å². The van der Waals surface area contributed by atoms with Crippen molar-refractivity contribution in [2.45, 2.75) is 76.8 Å². The van der Waals surface area contributed by atoms with E-state index in [2.05, 4.69) is 60.6 Å². The second-order valence-corrected chi connectivity index (χ2v) is 10.8. The summed E-state index contributed by atoms with van der Waals surface area (Å²) in [5.41, 5.74) is 1.59. The molecule has 166 valence electrons. The molecule has 0 spiro atoms. The van der Waals surface area contributed by atoms with E-state index >= 15 is 0 Å². The molecular formula is C27H41ClN2. The van der Waals surface area contributed by atoms with Gasteiger partial charge in [0.1, 0.15) is 0 Å². The number of piperidine rings is 1. The van der Waals surface area contributed by atoms with Crippen LogP contribution in [0.25, 0.3) is 0 Å². The Morgan fingerprint density at radius 3 is 2.37 bits per heavy atom. The van der Waals surface area contributed by atoms with E-state index in [0.29, 0.717) is 5.92 Å². The zero-order valence-corrected chi connectivity index (χ0v) is 19.9. The van der Waals surface area contributed by atoms with Gasteiger partial charge in [-0.1, -0.05) is 50.1 Å². The Labute approximate surface area is 189 Å². The lowest BCUT2D eigenvalue weighted by Gasteiger charge is -2.53. The minimum absolute atomic E-state index is 0.124. The highest BCUT2D eigenvalue weighted by Crippen LogP contribution is 2.48. The molecule has 3 atom stereocenters. The van der Waals surface area contributed by atoms with Crippen LogP contribution in [0.4, 0.5) is 0 Å². The van der Waals surface area contributed by atoms with Crippen molar-refractivity contribution in [3.05, 3.63) is 47.5 Å². The Morgan fingerprint density at radius 2 is 1.80 bits per heavy atom. The molecule has 30 heavy (non-hydrogen) atoms. The number of halogens is 1. The molecule has 0 bridgehead atoms. The molecule has 1 saturated heterocycles. The van der Waals surface area contributed by atoms with Crippen LogP contribution in [0, 0.1) is 17.8 Å². The average Bonchev–Trinajstić information content (AvgIpc) is 3.58. The summed E-state index contributed by atoms with van der Waals surface area (Å²) in [7, 11) is 0. The molecule has 3 heteroatoms. The lowest BCUT2D eigenvalue weighted by molar-refractivity contribution is -0.0165. The summed E-state index contributed by atoms with van der Waals surface area (Å²) in [6.45, 7) is 13.8. The largest absolute Gasteiger partial charge is 0.300 e. The van der Waals surface area contributed by atoms with Gasteiger partial charge in [-0.2, -0.15) is 0 Å². The minimum atomic E-state index is 0.124. The molecule has 0 aromatic heterocycles. The van der Waals surface area contributed by atoms with Crippen LogP contribution in [0.15, 0.2) is 36.9 Å². The summed E-state index contributed by atoms with van der Waals surface area (Å²) >= 11 is 6.27. The van der Waals surface area contributed by atoms with Crippen molar-refractivity contribution in [2.75, 3.05) is 26.2 Å². The summed E-state index contributed by atoms with van der Waals surface area (Å²) in [6.07, 6.45) is 12.9. The van der Waals surface area contributed by atoms with Crippen LogP contribution in [0.3, 0.4) is 0 Å². The Hall–Kier alpha value is -0.830. The van der Waals surface area contributed by atoms with Gasteiger partial charge in [-0.3, -0.25) is 4.90 Å². The lowest BCUT2D eigenvalue weighted by atomic mass is 9.68. The van der Waals surface area contributed by atoms with E-state index < -0.39 is 0 Å². The summed E-state index contributed by atoms with van der Waals surface area (Å²) in [5.74, 6) is 2.55. The highest BCUT2D eigenvalue weighted by atomic mass is 35.5. The zero-order valence-electron chi connectivity index (χ0n) is 19.2. The molecular weight excluding hydrogens is 388 g/mol. The van der Waals surface area contributed by atoms with Crippen LogP contribution in [0.1, 0.15) is 70.8 Å². The van der Waals surface area contributed by atoms with Crippen molar-refractivity contribution in [3.8, 4) is 0 Å². The maximum absolute atomic E-state index is 6.27. The van der Waals surface area contributed by atoms with Crippen LogP contribution >= 0.6 is 11.6 Å². The first-order chi connectivity index (χ1) is 14.6. The molecule has 1 aromatic rings. The first kappa shape index (κ1) is 22.4. The predicted molar refractivity (Wildman–Crippen MR) is 129 cm³/mol. The maximum atomic E-state index is 6.27. The zero-order chi connectivity index (χ0) is 21.1. The van der Waals surface area contributed by atoms with Crippen molar-refractivity contribution < 1.29 is 0 Å². The van der Waals surface area contributed by atoms with Crippen molar-refractivity contribution in [1.29, 1.82) is 0 Å². The van der Waals surface area contributed by atoms with Gasteiger partial charge < -0.3 is 4.90 Å². The van der Waals surface area contributed by atoms with Gasteiger partial charge in [0, 0.05) is 29.7 Å². The van der Waals surface area contributed by atoms with E-state index in [1.807, 2.05) is 0 Å². The van der Waals surface area contributed by atoms with Gasteiger partial charge in [0.2, 0.25) is 0 Å². The average molecular weight is 429 g/mol. The fourth-order valence-electron chi connectivity index (χ4n) is 6.36. The molecule has 0 N–H and O–H groups in total. The Morgan fingerprint density at radius 1 is 1.10 bits per heavy atom. The second kappa shape index (κ2) is 9.76. The van der Waals surface area contributed by atoms with Gasteiger partial charge in [0.15, 0.2) is 0 Å². The molecule has 1 aromatic carbocycles. The van der Waals surface area contributed by atoms with E-state index in [0.717, 1.165) is 29.4 Å². The van der Waals surface area contributed by atoms with Gasteiger partial charge in [0.25, 0.3) is 0 Å². The minimum Gasteiger partial charge on any atom is -0.300 e. The van der Waals surface area contributed by atoms with E-state index in [4.69, 9.17) is 11.6 Å². The summed E-state index contributed by atoms with van der Waals surface area (Å²) < 4.78 is 0. The Bertz CT molecular complexity index is 689. The smallest absolute Gasteiger partial charge is 0.0467 e. The number of hydrogen-bond acceptors (Lipinski definition) is 2. The van der Waals surface area contributed by atoms with Gasteiger partial charge >= 0.3 is 0 Å². The highest BCUT2D eigenvalue weighted by molar-refractivity contribution is 6.30. The number of benzene rings is 1. The second-order valence-electron chi connectivity index (χ2n) is 10.4. The van der Waals surface area contributed by atoms with Crippen LogP contribution in [-0.4, -0.2) is 42.0 Å². The summed E-state index contributed by atoms with van der Waals surface area (Å²) in [4.78, 5) is 5.61. The summed E-state index contributed by atoms with van der Waals surface area (Å²) in [5, 5.41) is 0.840. The third-order valence-electron chi connectivity index (χ3n) is 8.38. The lowest BCUT2D eigenvalue weighted by Crippen LogP contribution is -2.56. The normalized spacial score (nSPS) is 31.2. The molecule has 3 fully saturated rings. The topological polar surface area (TPSA) is 6.48 Å². The van der Waals surface area contributed by atoms with Crippen molar-refractivity contribution in [1.82, 2.24) is 9.80 Å². The molecule has 2 saturated carbocycles. The Kier molecular flexibility index (Phi) is 7.27. The fraction of sp³-hybridized carbons (Fsp3) is 0.704. The standard InChI is InChI=1S/C27H41ClN2/c1-4-16-30(20-23-6-7-23)27(24-8-10-25(28)11-9-24)15-12-26(21(3)19-27)29-17-13-22(5-2)14-18-29/h4,8-11,21-23,26H,1,5-7,12-20H2,2-3H3. The quantitative estimate of drug-likeness (QED) is 0.423. The maximum Gasteiger partial charge on any atom is 0.0467 e. The van der Waals surface area contributed by atoms with Gasteiger partial charge in [-0.05, 0) is 93.5 Å². The number of likely N-dealkylation sites (tertiary alicyclic amines) is 1. The third kappa shape index (κ3) is 4.81. The molecule has 0 radical (unpaired) electrons. The molecule has 1 aliphatic heterocycles. The van der Waals surface area contributed by atoms with Crippen LogP contribution in [0.2, 0.25) is 5.02 Å². The SMILES string of the molecule is C=CCN(CC1CC1)C1(c2ccc(Cl)cc2)CCC(N2CCC(CC)CC2)C(C)C1. The van der Waals surface area contributed by atoms with Crippen LogP contribution in [0.5, 0.6) is 0 Å². The monoisotopic (exact) mass is 428 g/mol. The number of hydrogen-bond donors (Lipinski definition) is 0. The van der Waals surface area contributed by atoms with Gasteiger partial charge in [0.05, 0.1) is 0 Å². The molecule has 1 heterocycles. The van der Waals surface area contributed by atoms with E-state index in [-0.39, 0.29) is 5.54 Å². The van der Waals surface area contributed by atoms with E-state index in [1.54, 1.807) is 0 Å². The molecule has 3 unspecified atom stereocenters. The molecule has 2 nitrogen and oxygen atoms in total. The molecule has 4 rings (SSSR count). The van der Waals surface area contributed by atoms with Crippen LogP contribution in [-0.2, 0) is 5.54 Å². The van der Waals surface area contributed by atoms with Crippen molar-refractivity contribution in [2.24, 2.45) is 17.8 Å². The van der Waals surface area contributed by atoms with E-state index in [1.165, 1.54) is 76.6 Å².